The summed E-state index contributed by atoms with van der Waals surface area (Å²) in [5, 5.41) is 0.0455. The Bertz CT molecular complexity index is 2270. The van der Waals surface area contributed by atoms with Crippen LogP contribution < -0.4 is 11.5 Å². The minimum atomic E-state index is -4.29. The van der Waals surface area contributed by atoms with E-state index >= 15 is 0 Å². The molecule has 0 aromatic carbocycles. The molecule has 7 heterocycles. The van der Waals surface area contributed by atoms with Gasteiger partial charge in [-0.1, -0.05) is 53.8 Å². The summed E-state index contributed by atoms with van der Waals surface area (Å²) in [4.78, 5) is 33.5. The van der Waals surface area contributed by atoms with Crippen LogP contribution in [-0.4, -0.2) is 105 Å². The number of nitrogens with zero attached hydrogens (tertiary/aromatic N) is 7. The van der Waals surface area contributed by atoms with E-state index in [1.807, 2.05) is 0 Å². The average molecular weight is 918 g/mol. The number of aromatic nitrogens is 7. The maximum Gasteiger partial charge on any atom is 0.386 e. The fraction of sp³-hybridized carbons (Fsp3) is 0.667. The van der Waals surface area contributed by atoms with Gasteiger partial charge in [0.1, 0.15) is 66.3 Å². The highest BCUT2D eigenvalue weighted by Gasteiger charge is 2.57. The highest BCUT2D eigenvalue weighted by Crippen LogP contribution is 2.59. The van der Waals surface area contributed by atoms with Crippen LogP contribution in [0.2, 0.25) is 36.3 Å². The van der Waals surface area contributed by atoms with Crippen molar-refractivity contribution in [3.63, 3.8) is 0 Å². The second-order valence-electron chi connectivity index (χ2n) is 17.8. The van der Waals surface area contributed by atoms with Gasteiger partial charge in [-0.2, -0.15) is 0 Å². The molecule has 58 heavy (non-hydrogen) atoms. The van der Waals surface area contributed by atoms with Gasteiger partial charge < -0.3 is 43.8 Å². The first-order valence-electron chi connectivity index (χ1n) is 18.8. The van der Waals surface area contributed by atoms with Crippen LogP contribution in [0.3, 0.4) is 0 Å². The van der Waals surface area contributed by atoms with Gasteiger partial charge in [-0.15, -0.1) is 0 Å². The molecule has 0 spiro atoms. The molecule has 4 aromatic heterocycles. The van der Waals surface area contributed by atoms with Crippen LogP contribution in [0.15, 0.2) is 31.2 Å². The Balaban J connectivity index is 1.30. The van der Waals surface area contributed by atoms with Crippen molar-refractivity contribution in [1.82, 2.24) is 34.1 Å². The van der Waals surface area contributed by atoms with E-state index < -0.39 is 79.2 Å². The number of anilines is 2. The standard InChI is InChI=1S/C33H53N9O10P2S2Si2/c1-32(2,3)57(7,8)51-23-20-14-46-53(43,55)49-22-19(13-45-54(44,56)50-24(23)30(48-20)41-12-11-18-26(34)36-15-38-28(18)41)47-31(25(22)52-58(9,10)33(4,5)6)42-17-40-21-27(35)37-16-39-29(21)42/h11-12,15-17,19-20,22-25,30-31H,13-14H2,1-10H3,(H,43,55)(H,44,56)(H2,34,36,38)(H2,35,37,39)/t19-,20-,22-,23?,24-,25?,30-,31-,53?,54?/m1/s1. The molecule has 3 aliphatic rings. The second kappa shape index (κ2) is 15.5. The second-order valence-corrected chi connectivity index (χ2v) is 33.0. The molecule has 320 valence electrons. The zero-order valence-electron chi connectivity index (χ0n) is 34.1. The number of fused-ring (bicyclic) bond motifs is 5. The first-order valence-corrected chi connectivity index (χ1v) is 29.9. The first kappa shape index (κ1) is 44.1. The molecule has 7 rings (SSSR count). The molecule has 25 heteroatoms. The third kappa shape index (κ3) is 8.47. The molecule has 5 N–H and O–H groups in total. The summed E-state index contributed by atoms with van der Waals surface area (Å²) < 4.78 is 70.4. The van der Waals surface area contributed by atoms with Crippen LogP contribution in [0.1, 0.15) is 54.0 Å². The lowest BCUT2D eigenvalue weighted by Crippen LogP contribution is -2.50. The SMILES string of the molecule is CC(C)(C)[Si](C)(C)OC1[C@H]2OP(O)(=S)OC[C@H]3O[C@@H](n4cnc5c(N)ncnc54)C(O[Si](C)(C)C(C)(C)C)[C@@H]3OP(=O)(S)OC[C@H]1O[C@H]2n1ccc2c(N)ncnc21. The van der Waals surface area contributed by atoms with E-state index in [0.29, 0.717) is 22.2 Å². The molecular weight excluding hydrogens is 865 g/mol. The Morgan fingerprint density at radius 1 is 0.810 bits per heavy atom. The molecule has 0 aliphatic carbocycles. The predicted molar refractivity (Wildman–Crippen MR) is 228 cm³/mol. The Hall–Kier alpha value is -1.93. The third-order valence-electron chi connectivity index (χ3n) is 11.8. The number of nitrogen functional groups attached to an aromatic ring is 2. The van der Waals surface area contributed by atoms with Crippen LogP contribution in [0.5, 0.6) is 0 Å². The van der Waals surface area contributed by atoms with E-state index in [-0.39, 0.29) is 34.9 Å². The van der Waals surface area contributed by atoms with E-state index in [0.717, 1.165) is 0 Å². The molecule has 0 saturated carbocycles. The summed E-state index contributed by atoms with van der Waals surface area (Å²) in [6, 6.07) is 1.75. The molecule has 0 amide bonds. The van der Waals surface area contributed by atoms with Crippen molar-refractivity contribution in [3.05, 3.63) is 31.2 Å². The minimum Gasteiger partial charge on any atom is -0.408 e. The molecule has 3 fully saturated rings. The highest BCUT2D eigenvalue weighted by molar-refractivity contribution is 8.44. The van der Waals surface area contributed by atoms with E-state index in [2.05, 4.69) is 105 Å². The van der Waals surface area contributed by atoms with Crippen molar-refractivity contribution in [2.24, 2.45) is 0 Å². The molecule has 19 nitrogen and oxygen atoms in total. The Morgan fingerprint density at radius 3 is 2.05 bits per heavy atom. The van der Waals surface area contributed by atoms with E-state index in [9.17, 15) is 9.46 Å². The van der Waals surface area contributed by atoms with Gasteiger partial charge in [0, 0.05) is 6.20 Å². The minimum absolute atomic E-state index is 0.173. The van der Waals surface area contributed by atoms with Gasteiger partial charge in [0.05, 0.1) is 24.9 Å². The average Bonchev–Trinajstić information content (AvgIpc) is 3.87. The lowest BCUT2D eigenvalue weighted by Gasteiger charge is -2.41. The topological polar surface area (TPSA) is 237 Å². The van der Waals surface area contributed by atoms with Gasteiger partial charge in [0.2, 0.25) is 0 Å². The van der Waals surface area contributed by atoms with Gasteiger partial charge in [-0.25, -0.2) is 29.5 Å². The van der Waals surface area contributed by atoms with Crippen LogP contribution in [-0.2, 0) is 52.8 Å². The van der Waals surface area contributed by atoms with Crippen molar-refractivity contribution in [1.29, 1.82) is 0 Å². The van der Waals surface area contributed by atoms with Crippen molar-refractivity contribution < 1.29 is 45.9 Å². The van der Waals surface area contributed by atoms with Crippen LogP contribution >= 0.6 is 25.8 Å². The molecule has 2 bridgehead atoms. The summed E-state index contributed by atoms with van der Waals surface area (Å²) in [6.07, 6.45) is -2.15. The van der Waals surface area contributed by atoms with E-state index in [1.165, 1.54) is 19.0 Å². The Kier molecular flexibility index (Phi) is 11.8. The van der Waals surface area contributed by atoms with Gasteiger partial charge in [-0.3, -0.25) is 18.1 Å². The van der Waals surface area contributed by atoms with Gasteiger partial charge in [-0.05, 0) is 54.1 Å². The number of rotatable bonds is 6. The van der Waals surface area contributed by atoms with Crippen molar-refractivity contribution >= 4 is 88.0 Å². The maximum absolute atomic E-state index is 14.5. The third-order valence-corrected chi connectivity index (χ3v) is 24.0. The van der Waals surface area contributed by atoms with E-state index in [4.69, 9.17) is 59.7 Å². The lowest BCUT2D eigenvalue weighted by atomic mass is 10.1. The van der Waals surface area contributed by atoms with Gasteiger partial charge in [0.25, 0.3) is 0 Å². The summed E-state index contributed by atoms with van der Waals surface area (Å²) >= 11 is 10.2. The lowest BCUT2D eigenvalue weighted by molar-refractivity contribution is -0.0590. The summed E-state index contributed by atoms with van der Waals surface area (Å²) in [6.45, 7) is 11.6. The molecular formula is C33H53N9O10P2S2Si2. The fourth-order valence-electron chi connectivity index (χ4n) is 6.63. The van der Waals surface area contributed by atoms with Crippen LogP contribution in [0.25, 0.3) is 22.2 Å². The zero-order valence-corrected chi connectivity index (χ0v) is 39.6. The quantitative estimate of drug-likeness (QED) is 0.0973. The number of hydrogen-bond donors (Lipinski definition) is 4. The number of hydrogen-bond acceptors (Lipinski definition) is 17. The van der Waals surface area contributed by atoms with Gasteiger partial charge >= 0.3 is 13.5 Å². The van der Waals surface area contributed by atoms with Crippen LogP contribution in [0.4, 0.5) is 11.6 Å². The largest absolute Gasteiger partial charge is 0.408 e. The molecule has 4 unspecified atom stereocenters. The summed E-state index contributed by atoms with van der Waals surface area (Å²) in [7, 11) is -5.24. The molecule has 4 aromatic rings. The van der Waals surface area contributed by atoms with Crippen LogP contribution in [0, 0.1) is 0 Å². The summed E-state index contributed by atoms with van der Waals surface area (Å²) in [5.74, 6) is 0.436. The number of ether oxygens (including phenoxy) is 2. The highest BCUT2D eigenvalue weighted by atomic mass is 32.7. The molecule has 3 aliphatic heterocycles. The van der Waals surface area contributed by atoms with E-state index in [1.54, 1.807) is 21.4 Å². The van der Waals surface area contributed by atoms with Gasteiger partial charge in [0.15, 0.2) is 40.6 Å². The van der Waals surface area contributed by atoms with Crippen molar-refractivity contribution in [2.75, 3.05) is 24.7 Å². The first-order chi connectivity index (χ1) is 26.8. The summed E-state index contributed by atoms with van der Waals surface area (Å²) in [5.41, 5.74) is 13.5. The monoisotopic (exact) mass is 917 g/mol. The maximum atomic E-state index is 14.5. The zero-order chi connectivity index (χ0) is 42.4. The number of thiol groups is 1. The predicted octanol–water partition coefficient (Wildman–Crippen LogP) is 6.08. The Morgan fingerprint density at radius 2 is 1.40 bits per heavy atom. The number of nitrogens with two attached hydrogens (primary N) is 2. The smallest absolute Gasteiger partial charge is 0.386 e. The molecule has 0 radical (unpaired) electrons. The fourth-order valence-corrected chi connectivity index (χ4v) is 12.1. The van der Waals surface area contributed by atoms with Crippen molar-refractivity contribution in [2.45, 2.75) is 127 Å². The Labute approximate surface area is 349 Å². The normalized spacial score (nSPS) is 33.2. The molecule has 3 saturated heterocycles. The van der Waals surface area contributed by atoms with Crippen molar-refractivity contribution in [3.8, 4) is 0 Å². The number of imidazole rings is 1. The molecule has 10 atom stereocenters.